The monoisotopic (exact) mass is 211 g/mol. The quantitative estimate of drug-likeness (QED) is 0.805. The van der Waals surface area contributed by atoms with Gasteiger partial charge in [0.1, 0.15) is 0 Å². The minimum atomic E-state index is -1.33. The van der Waals surface area contributed by atoms with Crippen LogP contribution in [0, 0.1) is 0 Å². The summed E-state index contributed by atoms with van der Waals surface area (Å²) in [5.74, 6) is 0. The van der Waals surface area contributed by atoms with Gasteiger partial charge < -0.3 is 15.6 Å². The van der Waals surface area contributed by atoms with Gasteiger partial charge in [0.25, 0.3) is 0 Å². The summed E-state index contributed by atoms with van der Waals surface area (Å²) in [6, 6.07) is 10.2. The molecule has 0 radical (unpaired) electrons. The van der Waals surface area contributed by atoms with Gasteiger partial charge in [-0.1, -0.05) is 30.3 Å². The van der Waals surface area contributed by atoms with Gasteiger partial charge in [-0.3, -0.25) is 0 Å². The van der Waals surface area contributed by atoms with Crippen LogP contribution in [0.15, 0.2) is 30.3 Å². The fourth-order valence-electron chi connectivity index (χ4n) is 0.837. The topological polar surface area (TPSA) is 72.5 Å². The maximum atomic E-state index is 8.78. The lowest BCUT2D eigenvalue weighted by atomic mass is 10.2. The third-order valence-corrected chi connectivity index (χ3v) is 1.43. The predicted octanol–water partition coefficient (Wildman–Crippen LogP) is 2.23. The van der Waals surface area contributed by atoms with Crippen molar-refractivity contribution in [2.24, 2.45) is 5.73 Å². The third kappa shape index (κ3) is 10.4. The Morgan fingerprint density at radius 3 is 2.27 bits per heavy atom. The van der Waals surface area contributed by atoms with Crippen molar-refractivity contribution in [2.75, 3.05) is 0 Å². The zero-order valence-corrected chi connectivity index (χ0v) is 9.01. The van der Waals surface area contributed by atoms with Crippen LogP contribution in [0.25, 0.3) is 0 Å². The van der Waals surface area contributed by atoms with Crippen LogP contribution in [-0.2, 0) is 11.3 Å². The molecule has 1 amide bonds. The van der Waals surface area contributed by atoms with Crippen molar-refractivity contribution >= 4 is 6.09 Å². The molecule has 0 aliphatic rings. The maximum absolute atomic E-state index is 8.78. The Hall–Kier alpha value is -1.55. The Labute approximate surface area is 89.7 Å². The van der Waals surface area contributed by atoms with Crippen molar-refractivity contribution in [3.05, 3.63) is 35.9 Å². The second kappa shape index (κ2) is 7.82. The van der Waals surface area contributed by atoms with Gasteiger partial charge in [0.05, 0.1) is 12.7 Å². The lowest BCUT2D eigenvalue weighted by Gasteiger charge is -2.06. The van der Waals surface area contributed by atoms with Crippen LogP contribution in [0.2, 0.25) is 0 Å². The van der Waals surface area contributed by atoms with Crippen LogP contribution in [0.5, 0.6) is 0 Å². The molecule has 0 saturated heterocycles. The summed E-state index contributed by atoms with van der Waals surface area (Å²) >= 11 is 0. The molecule has 0 bridgehead atoms. The summed E-state index contributed by atoms with van der Waals surface area (Å²) < 4.78 is 5.43. The van der Waals surface area contributed by atoms with Crippen molar-refractivity contribution in [1.29, 1.82) is 0 Å². The lowest BCUT2D eigenvalue weighted by molar-refractivity contribution is 0.0657. The average Bonchev–Trinajstić information content (AvgIpc) is 2.15. The Morgan fingerprint density at radius 2 is 1.87 bits per heavy atom. The Morgan fingerprint density at radius 1 is 1.40 bits per heavy atom. The van der Waals surface area contributed by atoms with E-state index in [4.69, 9.17) is 14.6 Å². The highest BCUT2D eigenvalue weighted by atomic mass is 16.5. The number of nitrogens with two attached hydrogens (primary N) is 1. The minimum absolute atomic E-state index is 0.315. The molecule has 0 fully saturated rings. The standard InChI is InChI=1S/C10H14O.CH3NO2/c1-9(2)11-8-10-6-4-3-5-7-10;2-1(3)4/h3-7,9H,8H2,1-2H3;2H2,(H,3,4). The van der Waals surface area contributed by atoms with Crippen LogP contribution < -0.4 is 5.73 Å². The van der Waals surface area contributed by atoms with Gasteiger partial charge in [-0.25, -0.2) is 4.79 Å². The van der Waals surface area contributed by atoms with E-state index in [1.165, 1.54) is 5.56 Å². The average molecular weight is 211 g/mol. The van der Waals surface area contributed by atoms with E-state index in [-0.39, 0.29) is 0 Å². The van der Waals surface area contributed by atoms with Crippen molar-refractivity contribution < 1.29 is 14.6 Å². The van der Waals surface area contributed by atoms with Crippen LogP contribution in [0.1, 0.15) is 19.4 Å². The highest BCUT2D eigenvalue weighted by Gasteiger charge is 1.93. The van der Waals surface area contributed by atoms with E-state index in [1.54, 1.807) is 0 Å². The molecule has 0 aliphatic heterocycles. The number of hydrogen-bond acceptors (Lipinski definition) is 2. The molecule has 0 aromatic heterocycles. The van der Waals surface area contributed by atoms with Gasteiger partial charge in [0.15, 0.2) is 0 Å². The molecule has 84 valence electrons. The molecule has 3 N–H and O–H groups in total. The summed E-state index contributed by atoms with van der Waals surface area (Å²) in [7, 11) is 0. The van der Waals surface area contributed by atoms with E-state index in [1.807, 2.05) is 32.0 Å². The third-order valence-electron chi connectivity index (χ3n) is 1.43. The number of rotatable bonds is 3. The zero-order valence-electron chi connectivity index (χ0n) is 9.01. The first kappa shape index (κ1) is 13.4. The molecule has 4 heteroatoms. The summed E-state index contributed by atoms with van der Waals surface area (Å²) in [5.41, 5.74) is 5.26. The van der Waals surface area contributed by atoms with E-state index < -0.39 is 6.09 Å². The molecular formula is C11H17NO3. The van der Waals surface area contributed by atoms with Crippen molar-refractivity contribution in [2.45, 2.75) is 26.6 Å². The molecule has 0 aliphatic carbocycles. The molecule has 0 unspecified atom stereocenters. The highest BCUT2D eigenvalue weighted by Crippen LogP contribution is 2.02. The summed E-state index contributed by atoms with van der Waals surface area (Å²) in [5, 5.41) is 7.19. The van der Waals surface area contributed by atoms with E-state index >= 15 is 0 Å². The minimum Gasteiger partial charge on any atom is -0.465 e. The van der Waals surface area contributed by atoms with Gasteiger partial charge in [0.2, 0.25) is 0 Å². The summed E-state index contributed by atoms with van der Waals surface area (Å²) in [4.78, 5) is 8.78. The molecule has 15 heavy (non-hydrogen) atoms. The highest BCUT2D eigenvalue weighted by molar-refractivity contribution is 5.61. The summed E-state index contributed by atoms with van der Waals surface area (Å²) in [6.07, 6.45) is -1.02. The van der Waals surface area contributed by atoms with Crippen molar-refractivity contribution in [3.8, 4) is 0 Å². The van der Waals surface area contributed by atoms with E-state index in [0.717, 1.165) is 6.61 Å². The van der Waals surface area contributed by atoms with Gasteiger partial charge in [-0.05, 0) is 19.4 Å². The molecule has 0 atom stereocenters. The summed E-state index contributed by atoms with van der Waals surface area (Å²) in [6.45, 7) is 4.81. The van der Waals surface area contributed by atoms with Crippen molar-refractivity contribution in [1.82, 2.24) is 0 Å². The molecule has 1 rings (SSSR count). The fraction of sp³-hybridized carbons (Fsp3) is 0.364. The molecule has 0 spiro atoms. The van der Waals surface area contributed by atoms with Gasteiger partial charge in [-0.2, -0.15) is 0 Å². The zero-order chi connectivity index (χ0) is 11.7. The van der Waals surface area contributed by atoms with Crippen LogP contribution in [0.4, 0.5) is 4.79 Å². The fourth-order valence-corrected chi connectivity index (χ4v) is 0.837. The predicted molar refractivity (Wildman–Crippen MR) is 58.6 cm³/mol. The van der Waals surface area contributed by atoms with Crippen LogP contribution in [0.3, 0.4) is 0 Å². The Bertz CT molecular complexity index is 268. The van der Waals surface area contributed by atoms with E-state index in [0.29, 0.717) is 6.10 Å². The Kier molecular flexibility index (Phi) is 7.01. The van der Waals surface area contributed by atoms with Gasteiger partial charge in [0, 0.05) is 0 Å². The number of ether oxygens (including phenoxy) is 1. The SMILES string of the molecule is CC(C)OCc1ccccc1.NC(=O)O. The number of carbonyl (C=O) groups is 1. The first-order chi connectivity index (χ1) is 7.02. The van der Waals surface area contributed by atoms with Crippen molar-refractivity contribution in [3.63, 3.8) is 0 Å². The largest absolute Gasteiger partial charge is 0.465 e. The lowest BCUT2D eigenvalue weighted by Crippen LogP contribution is -2.03. The first-order valence-corrected chi connectivity index (χ1v) is 4.66. The number of carboxylic acid groups (broad SMARTS) is 1. The maximum Gasteiger partial charge on any atom is 0.402 e. The Balaban J connectivity index is 0.000000423. The molecular weight excluding hydrogens is 194 g/mol. The van der Waals surface area contributed by atoms with Crippen LogP contribution >= 0.6 is 0 Å². The number of hydrogen-bond donors (Lipinski definition) is 2. The van der Waals surface area contributed by atoms with Gasteiger partial charge in [-0.15, -0.1) is 0 Å². The first-order valence-electron chi connectivity index (χ1n) is 4.66. The second-order valence-corrected chi connectivity index (χ2v) is 3.18. The smallest absolute Gasteiger partial charge is 0.402 e. The molecule has 1 aromatic carbocycles. The van der Waals surface area contributed by atoms with E-state index in [9.17, 15) is 0 Å². The molecule has 1 aromatic rings. The van der Waals surface area contributed by atoms with Gasteiger partial charge >= 0.3 is 6.09 Å². The number of primary amides is 1. The number of benzene rings is 1. The second-order valence-electron chi connectivity index (χ2n) is 3.18. The number of amides is 1. The molecule has 4 nitrogen and oxygen atoms in total. The van der Waals surface area contributed by atoms with E-state index in [2.05, 4.69) is 17.9 Å². The normalized spacial score (nSPS) is 9.27. The van der Waals surface area contributed by atoms with Crippen LogP contribution in [-0.4, -0.2) is 17.3 Å². The molecule has 0 saturated carbocycles. The molecule has 0 heterocycles.